The Hall–Kier alpha value is -1.52. The number of nitrogens with zero attached hydrogens (tertiary/aromatic N) is 4. The molecular formula is C23H35N4PS. The van der Waals surface area contributed by atoms with Gasteiger partial charge in [-0.15, -0.1) is 0 Å². The van der Waals surface area contributed by atoms with Gasteiger partial charge in [0.05, 0.1) is 5.69 Å². The fourth-order valence-electron chi connectivity index (χ4n) is 3.37. The molecule has 0 radical (unpaired) electrons. The molecule has 0 saturated carbocycles. The van der Waals surface area contributed by atoms with Gasteiger partial charge in [0.25, 0.3) is 0 Å². The molecule has 29 heavy (non-hydrogen) atoms. The van der Waals surface area contributed by atoms with Gasteiger partial charge in [-0.1, -0.05) is 63.1 Å². The first-order valence-corrected chi connectivity index (χ1v) is 13.1. The monoisotopic (exact) mass is 430 g/mol. The van der Waals surface area contributed by atoms with Crippen LogP contribution in [0.3, 0.4) is 0 Å². The lowest BCUT2D eigenvalue weighted by molar-refractivity contribution is 0.421. The van der Waals surface area contributed by atoms with Crippen molar-refractivity contribution in [3.05, 3.63) is 59.7 Å². The van der Waals surface area contributed by atoms with E-state index in [2.05, 4.69) is 104 Å². The Morgan fingerprint density at radius 2 is 1.17 bits per heavy atom. The zero-order chi connectivity index (χ0) is 21.4. The second kappa shape index (κ2) is 11.0. The first-order valence-electron chi connectivity index (χ1n) is 10.5. The molecule has 0 unspecified atom stereocenters. The maximum Gasteiger partial charge on any atom is 0.174 e. The van der Waals surface area contributed by atoms with E-state index >= 15 is 0 Å². The minimum atomic E-state index is -2.25. The Balaban J connectivity index is 2.62. The molecule has 0 amide bonds. The Bertz CT molecular complexity index is 809. The first kappa shape index (κ1) is 23.8. The van der Waals surface area contributed by atoms with Crippen LogP contribution in [0.15, 0.2) is 53.5 Å². The van der Waals surface area contributed by atoms with E-state index in [1.165, 1.54) is 11.1 Å². The highest BCUT2D eigenvalue weighted by Gasteiger charge is 2.35. The van der Waals surface area contributed by atoms with Crippen LogP contribution in [-0.2, 0) is 11.8 Å². The van der Waals surface area contributed by atoms with Crippen molar-refractivity contribution in [2.24, 2.45) is 4.99 Å². The van der Waals surface area contributed by atoms with E-state index in [1.54, 1.807) is 0 Å². The number of benzene rings is 2. The maximum atomic E-state index is 6.51. The molecular weight excluding hydrogens is 395 g/mol. The zero-order valence-electron chi connectivity index (χ0n) is 18.7. The van der Waals surface area contributed by atoms with E-state index < -0.39 is 6.49 Å². The first-order chi connectivity index (χ1) is 13.9. The van der Waals surface area contributed by atoms with Crippen molar-refractivity contribution >= 4 is 36.0 Å². The third kappa shape index (κ3) is 5.55. The van der Waals surface area contributed by atoms with Crippen molar-refractivity contribution in [2.75, 3.05) is 30.8 Å². The zero-order valence-corrected chi connectivity index (χ0v) is 20.4. The van der Waals surface area contributed by atoms with Gasteiger partial charge in [-0.05, 0) is 49.9 Å². The second-order valence-electron chi connectivity index (χ2n) is 7.05. The Kier molecular flexibility index (Phi) is 9.04. The fourth-order valence-corrected chi connectivity index (χ4v) is 8.16. The van der Waals surface area contributed by atoms with E-state index in [9.17, 15) is 0 Å². The van der Waals surface area contributed by atoms with Crippen molar-refractivity contribution in [3.63, 3.8) is 0 Å². The predicted octanol–water partition coefficient (Wildman–Crippen LogP) is 6.38. The van der Waals surface area contributed by atoms with Crippen molar-refractivity contribution in [1.29, 1.82) is 0 Å². The molecule has 0 aliphatic heterocycles. The number of rotatable bonds is 10. The van der Waals surface area contributed by atoms with Gasteiger partial charge in [0.2, 0.25) is 0 Å². The third-order valence-electron chi connectivity index (χ3n) is 5.13. The van der Waals surface area contributed by atoms with Gasteiger partial charge in [-0.2, -0.15) is 0 Å². The summed E-state index contributed by atoms with van der Waals surface area (Å²) in [6, 6.07) is 16.9. The Morgan fingerprint density at radius 3 is 1.59 bits per heavy atom. The molecule has 0 fully saturated rings. The minimum absolute atomic E-state index is 0.908. The third-order valence-corrected chi connectivity index (χ3v) is 10.5. The van der Waals surface area contributed by atoms with Crippen LogP contribution < -0.4 is 4.67 Å². The van der Waals surface area contributed by atoms with Gasteiger partial charge in [0, 0.05) is 31.9 Å². The quantitative estimate of drug-likeness (QED) is 0.248. The average molecular weight is 431 g/mol. The molecule has 0 bridgehead atoms. The van der Waals surface area contributed by atoms with E-state index in [0.717, 1.165) is 37.6 Å². The summed E-state index contributed by atoms with van der Waals surface area (Å²) in [6.07, 6.45) is 1.95. The molecule has 4 nitrogen and oxygen atoms in total. The largest absolute Gasteiger partial charge is 0.280 e. The summed E-state index contributed by atoms with van der Waals surface area (Å²) in [5, 5.41) is 0. The summed E-state index contributed by atoms with van der Waals surface area (Å²) >= 11 is 6.51. The molecule has 0 aliphatic rings. The van der Waals surface area contributed by atoms with E-state index in [-0.39, 0.29) is 0 Å². The molecule has 0 spiro atoms. The predicted molar refractivity (Wildman–Crippen MR) is 133 cm³/mol. The minimum Gasteiger partial charge on any atom is -0.280 e. The van der Waals surface area contributed by atoms with Crippen LogP contribution in [0.2, 0.25) is 0 Å². The van der Waals surface area contributed by atoms with Gasteiger partial charge in [-0.3, -0.25) is 4.67 Å². The summed E-state index contributed by atoms with van der Waals surface area (Å²) in [4.78, 5) is 4.82. The molecule has 0 aliphatic carbocycles. The molecule has 2 rings (SSSR count). The van der Waals surface area contributed by atoms with Crippen molar-refractivity contribution in [1.82, 2.24) is 9.34 Å². The average Bonchev–Trinajstić information content (AvgIpc) is 2.72. The van der Waals surface area contributed by atoms with Gasteiger partial charge < -0.3 is 0 Å². The van der Waals surface area contributed by atoms with Gasteiger partial charge in [0.1, 0.15) is 6.34 Å². The summed E-state index contributed by atoms with van der Waals surface area (Å²) in [6.45, 7) is 14.4. The van der Waals surface area contributed by atoms with Crippen molar-refractivity contribution in [3.8, 4) is 0 Å². The van der Waals surface area contributed by atoms with Crippen molar-refractivity contribution in [2.45, 2.75) is 41.5 Å². The smallest absolute Gasteiger partial charge is 0.174 e. The number of anilines is 1. The molecule has 0 N–H and O–H groups in total. The van der Waals surface area contributed by atoms with Crippen LogP contribution in [0.25, 0.3) is 0 Å². The molecule has 158 valence electrons. The van der Waals surface area contributed by atoms with Gasteiger partial charge >= 0.3 is 0 Å². The molecule has 6 heteroatoms. The second-order valence-corrected chi connectivity index (χ2v) is 11.1. The molecule has 2 aromatic carbocycles. The Labute approximate surface area is 182 Å². The van der Waals surface area contributed by atoms with Gasteiger partial charge in [-0.25, -0.2) is 14.3 Å². The van der Waals surface area contributed by atoms with Crippen LogP contribution in [0.5, 0.6) is 0 Å². The molecule has 0 saturated heterocycles. The molecule has 0 atom stereocenters. The van der Waals surface area contributed by atoms with Crippen LogP contribution in [0.1, 0.15) is 38.8 Å². The highest BCUT2D eigenvalue weighted by Crippen LogP contribution is 2.57. The lowest BCUT2D eigenvalue weighted by Gasteiger charge is -2.46. The van der Waals surface area contributed by atoms with Crippen LogP contribution in [0, 0.1) is 13.8 Å². The normalized spacial score (nSPS) is 12.3. The molecule has 2 aromatic rings. The van der Waals surface area contributed by atoms with Crippen LogP contribution >= 0.6 is 6.49 Å². The van der Waals surface area contributed by atoms with Crippen molar-refractivity contribution < 1.29 is 0 Å². The Morgan fingerprint density at radius 1 is 0.759 bits per heavy atom. The number of hydrogen-bond donors (Lipinski definition) is 0. The van der Waals surface area contributed by atoms with Crippen LogP contribution in [-0.4, -0.2) is 41.9 Å². The van der Waals surface area contributed by atoms with E-state index in [1.807, 2.05) is 6.34 Å². The number of aryl methyl sites for hydroxylation is 2. The van der Waals surface area contributed by atoms with E-state index in [4.69, 9.17) is 16.8 Å². The fraction of sp³-hybridized carbons (Fsp3) is 0.435. The standard InChI is InChI=1S/C23H35N4PS/c1-7-25(8-2)28(29,26(9-3)10-4)27(23-17-13-21(6)14-18-23)19-24-22-15-11-20(5)12-16-22/h11-19H,7-10H2,1-6H3. The van der Waals surface area contributed by atoms with E-state index in [0.29, 0.717) is 0 Å². The highest BCUT2D eigenvalue weighted by molar-refractivity contribution is 8.13. The summed E-state index contributed by atoms with van der Waals surface area (Å²) in [5.41, 5.74) is 4.50. The molecule has 0 heterocycles. The summed E-state index contributed by atoms with van der Waals surface area (Å²) < 4.78 is 7.11. The lowest BCUT2D eigenvalue weighted by atomic mass is 10.2. The van der Waals surface area contributed by atoms with Gasteiger partial charge in [0.15, 0.2) is 6.49 Å². The SMILES string of the molecule is CCN(CC)P(=S)(N(CC)CC)N(C=Nc1ccc(C)cc1)c1ccc(C)cc1. The topological polar surface area (TPSA) is 22.1 Å². The summed E-state index contributed by atoms with van der Waals surface area (Å²) in [5.74, 6) is 0. The highest BCUT2D eigenvalue weighted by atomic mass is 32.4. The molecule has 0 aromatic heterocycles. The summed E-state index contributed by atoms with van der Waals surface area (Å²) in [7, 11) is 0. The number of aliphatic imine (C=N–C) groups is 1. The van der Waals surface area contributed by atoms with Crippen LogP contribution in [0.4, 0.5) is 11.4 Å². The lowest BCUT2D eigenvalue weighted by Crippen LogP contribution is -2.40. The number of hydrogen-bond acceptors (Lipinski definition) is 2. The maximum absolute atomic E-state index is 6.51.